The van der Waals surface area contributed by atoms with Gasteiger partial charge in [0.1, 0.15) is 0 Å². The second-order valence-electron chi connectivity index (χ2n) is 10.3. The number of fused-ring (bicyclic) bond motifs is 1. The Kier molecular flexibility index (Phi) is 4.77. The topological polar surface area (TPSA) is 24.9 Å². The van der Waals surface area contributed by atoms with Crippen molar-refractivity contribution in [3.05, 3.63) is 16.1 Å². The van der Waals surface area contributed by atoms with Gasteiger partial charge in [0, 0.05) is 17.2 Å². The average Bonchev–Trinajstić information content (AvgIpc) is 3.10. The van der Waals surface area contributed by atoms with Crippen LogP contribution in [0.1, 0.15) is 95.2 Å². The third kappa shape index (κ3) is 3.43. The summed E-state index contributed by atoms with van der Waals surface area (Å²) in [6.07, 6.45) is 9.47. The van der Waals surface area contributed by atoms with E-state index in [2.05, 4.69) is 38.4 Å². The van der Waals surface area contributed by atoms with Crippen LogP contribution in [0.15, 0.2) is 5.38 Å². The fourth-order valence-corrected chi connectivity index (χ4v) is 7.05. The molecular weight excluding hydrogens is 324 g/mol. The summed E-state index contributed by atoms with van der Waals surface area (Å²) in [5.41, 5.74) is 2.44. The third-order valence-electron chi connectivity index (χ3n) is 7.92. The molecule has 140 valence electrons. The van der Waals surface area contributed by atoms with E-state index in [9.17, 15) is 0 Å². The average molecular weight is 361 g/mol. The van der Waals surface area contributed by atoms with Crippen molar-refractivity contribution in [3.8, 4) is 0 Å². The number of nitrogens with one attached hydrogen (secondary N) is 1. The first-order chi connectivity index (χ1) is 11.9. The summed E-state index contributed by atoms with van der Waals surface area (Å²) in [4.78, 5) is 5.17. The molecule has 2 heterocycles. The van der Waals surface area contributed by atoms with E-state index in [0.717, 1.165) is 30.8 Å². The summed E-state index contributed by atoms with van der Waals surface area (Å²) >= 11 is 1.96. The van der Waals surface area contributed by atoms with Gasteiger partial charge in [-0.2, -0.15) is 0 Å². The fraction of sp³-hybridized carbons (Fsp3) is 0.864. The van der Waals surface area contributed by atoms with Crippen LogP contribution in [0.5, 0.6) is 0 Å². The Hall–Kier alpha value is -0.410. The monoisotopic (exact) mass is 360 g/mol. The number of rotatable bonds is 2. The summed E-state index contributed by atoms with van der Waals surface area (Å²) in [7, 11) is 0. The lowest BCUT2D eigenvalue weighted by atomic mass is 9.50. The van der Waals surface area contributed by atoms with Gasteiger partial charge < -0.3 is 5.32 Å². The molecule has 3 aliphatic rings. The first-order valence-electron chi connectivity index (χ1n) is 10.5. The molecule has 0 spiro atoms. The molecule has 2 aliphatic carbocycles. The Labute approximate surface area is 158 Å². The highest BCUT2D eigenvalue weighted by atomic mass is 32.1. The maximum atomic E-state index is 5.17. The number of piperidine rings is 1. The van der Waals surface area contributed by atoms with Crippen LogP contribution in [0, 0.1) is 22.7 Å². The van der Waals surface area contributed by atoms with E-state index in [1.165, 1.54) is 55.6 Å². The van der Waals surface area contributed by atoms with Gasteiger partial charge in [-0.05, 0) is 80.7 Å². The Bertz CT molecular complexity index is 597. The molecule has 25 heavy (non-hydrogen) atoms. The summed E-state index contributed by atoms with van der Waals surface area (Å²) in [6, 6.07) is 0. The molecule has 0 amide bonds. The van der Waals surface area contributed by atoms with Crippen molar-refractivity contribution >= 4 is 11.3 Å². The maximum absolute atomic E-state index is 5.17. The van der Waals surface area contributed by atoms with Gasteiger partial charge in [0.2, 0.25) is 0 Å². The molecule has 3 heteroatoms. The largest absolute Gasteiger partial charge is 0.317 e. The predicted octanol–water partition coefficient (Wildman–Crippen LogP) is 5.96. The lowest BCUT2D eigenvalue weighted by Gasteiger charge is -2.55. The van der Waals surface area contributed by atoms with E-state index < -0.39 is 0 Å². The van der Waals surface area contributed by atoms with Crippen molar-refractivity contribution in [2.45, 2.75) is 84.5 Å². The van der Waals surface area contributed by atoms with Crippen molar-refractivity contribution in [2.24, 2.45) is 22.7 Å². The molecule has 0 aromatic carbocycles. The molecule has 4 rings (SSSR count). The highest BCUT2D eigenvalue weighted by Gasteiger charge is 2.50. The molecule has 1 aromatic heterocycles. The standard InChI is InChI=1S/C22H36N2S/c1-21(2)9-10-22(3,4)18-13-16(5-6-17(18)21)20-24-19(14-25-20)15-7-11-23-12-8-15/h14-18,23H,5-13H2,1-4H3. The molecule has 0 bridgehead atoms. The van der Waals surface area contributed by atoms with Crippen molar-refractivity contribution in [2.75, 3.05) is 13.1 Å². The molecule has 3 unspecified atom stereocenters. The molecule has 1 aromatic rings. The predicted molar refractivity (Wildman–Crippen MR) is 107 cm³/mol. The van der Waals surface area contributed by atoms with Crippen LogP contribution in [-0.2, 0) is 0 Å². The molecule has 1 saturated heterocycles. The molecule has 3 atom stereocenters. The van der Waals surface area contributed by atoms with E-state index in [-0.39, 0.29) is 0 Å². The van der Waals surface area contributed by atoms with E-state index >= 15 is 0 Å². The molecular formula is C22H36N2S. The van der Waals surface area contributed by atoms with Crippen LogP contribution in [0.4, 0.5) is 0 Å². The minimum atomic E-state index is 0.508. The highest BCUT2D eigenvalue weighted by Crippen LogP contribution is 2.59. The van der Waals surface area contributed by atoms with Gasteiger partial charge in [0.15, 0.2) is 0 Å². The molecule has 2 saturated carbocycles. The lowest BCUT2D eigenvalue weighted by Crippen LogP contribution is -2.46. The molecule has 3 fully saturated rings. The Morgan fingerprint density at radius 3 is 2.32 bits per heavy atom. The zero-order chi connectivity index (χ0) is 17.7. The second kappa shape index (κ2) is 6.64. The number of hydrogen-bond acceptors (Lipinski definition) is 3. The van der Waals surface area contributed by atoms with Crippen LogP contribution in [0.3, 0.4) is 0 Å². The summed E-state index contributed by atoms with van der Waals surface area (Å²) in [5.74, 6) is 3.21. The number of aromatic nitrogens is 1. The van der Waals surface area contributed by atoms with Gasteiger partial charge in [-0.3, -0.25) is 0 Å². The maximum Gasteiger partial charge on any atom is 0.0959 e. The summed E-state index contributed by atoms with van der Waals surface area (Å²) < 4.78 is 0. The Morgan fingerprint density at radius 1 is 0.920 bits per heavy atom. The van der Waals surface area contributed by atoms with E-state index in [1.54, 1.807) is 0 Å². The number of nitrogens with zero attached hydrogens (tertiary/aromatic N) is 1. The minimum absolute atomic E-state index is 0.508. The van der Waals surface area contributed by atoms with Gasteiger partial charge in [-0.25, -0.2) is 4.98 Å². The van der Waals surface area contributed by atoms with Gasteiger partial charge in [0.25, 0.3) is 0 Å². The Balaban J connectivity index is 1.50. The van der Waals surface area contributed by atoms with Crippen LogP contribution in [0.25, 0.3) is 0 Å². The Morgan fingerprint density at radius 2 is 1.60 bits per heavy atom. The minimum Gasteiger partial charge on any atom is -0.317 e. The van der Waals surface area contributed by atoms with Gasteiger partial charge in [0.05, 0.1) is 10.7 Å². The van der Waals surface area contributed by atoms with E-state index in [1.807, 2.05) is 11.3 Å². The first kappa shape index (κ1) is 18.0. The van der Waals surface area contributed by atoms with Crippen LogP contribution in [-0.4, -0.2) is 18.1 Å². The number of thiazole rings is 1. The van der Waals surface area contributed by atoms with Crippen molar-refractivity contribution in [3.63, 3.8) is 0 Å². The van der Waals surface area contributed by atoms with Crippen LogP contribution < -0.4 is 5.32 Å². The smallest absolute Gasteiger partial charge is 0.0959 e. The third-order valence-corrected chi connectivity index (χ3v) is 8.94. The van der Waals surface area contributed by atoms with Crippen molar-refractivity contribution in [1.82, 2.24) is 10.3 Å². The molecule has 1 aliphatic heterocycles. The van der Waals surface area contributed by atoms with Crippen molar-refractivity contribution < 1.29 is 0 Å². The quantitative estimate of drug-likeness (QED) is 0.704. The first-order valence-corrected chi connectivity index (χ1v) is 11.4. The van der Waals surface area contributed by atoms with Gasteiger partial charge in [-0.1, -0.05) is 27.7 Å². The summed E-state index contributed by atoms with van der Waals surface area (Å²) in [6.45, 7) is 12.4. The highest BCUT2D eigenvalue weighted by molar-refractivity contribution is 7.09. The zero-order valence-corrected chi connectivity index (χ0v) is 17.4. The van der Waals surface area contributed by atoms with Gasteiger partial charge in [-0.15, -0.1) is 11.3 Å². The molecule has 1 N–H and O–H groups in total. The van der Waals surface area contributed by atoms with E-state index in [0.29, 0.717) is 16.7 Å². The van der Waals surface area contributed by atoms with E-state index in [4.69, 9.17) is 4.98 Å². The van der Waals surface area contributed by atoms with Crippen molar-refractivity contribution in [1.29, 1.82) is 0 Å². The fourth-order valence-electron chi connectivity index (χ4n) is 6.00. The number of hydrogen-bond donors (Lipinski definition) is 1. The zero-order valence-electron chi connectivity index (χ0n) is 16.6. The normalized spacial score (nSPS) is 35.3. The SMILES string of the molecule is CC1(C)CCC(C)(C)C2CC(c3nc(C4CCNCC4)cs3)CCC21. The van der Waals surface area contributed by atoms with Crippen LogP contribution in [0.2, 0.25) is 0 Å². The lowest BCUT2D eigenvalue weighted by molar-refractivity contribution is -0.0498. The summed E-state index contributed by atoms with van der Waals surface area (Å²) in [5, 5.41) is 7.31. The van der Waals surface area contributed by atoms with Crippen LogP contribution >= 0.6 is 11.3 Å². The molecule has 2 nitrogen and oxygen atoms in total. The molecule has 0 radical (unpaired) electrons. The van der Waals surface area contributed by atoms with Gasteiger partial charge >= 0.3 is 0 Å². The second-order valence-corrected chi connectivity index (χ2v) is 11.2.